The molecule has 0 N–H and O–H groups in total. The molecule has 0 bridgehead atoms. The number of piperazine rings is 1. The Kier molecular flexibility index (Phi) is 6.30. The fourth-order valence-corrected chi connectivity index (χ4v) is 4.43. The first kappa shape index (κ1) is 20.8. The number of nitrogens with zero attached hydrogens (tertiary/aromatic N) is 4. The highest BCUT2D eigenvalue weighted by Gasteiger charge is 2.34. The maximum atomic E-state index is 13.4. The lowest BCUT2D eigenvalue weighted by Gasteiger charge is -2.34. The molecule has 0 saturated carbocycles. The Hall–Kier alpha value is -2.50. The second-order valence-electron chi connectivity index (χ2n) is 8.44. The Bertz CT molecular complexity index is 916. The molecular formula is C25H32N4O. The topological polar surface area (TPSA) is 39.1 Å². The average molecular weight is 405 g/mol. The maximum Gasteiger partial charge on any atom is 0.257 e. The van der Waals surface area contributed by atoms with E-state index in [1.165, 1.54) is 16.7 Å². The van der Waals surface area contributed by atoms with E-state index >= 15 is 0 Å². The van der Waals surface area contributed by atoms with Gasteiger partial charge in [-0.25, -0.2) is 5.01 Å². The number of hydrogen-bond acceptors (Lipinski definition) is 4. The quantitative estimate of drug-likeness (QED) is 0.764. The van der Waals surface area contributed by atoms with Crippen molar-refractivity contribution >= 4 is 11.6 Å². The van der Waals surface area contributed by atoms with Gasteiger partial charge in [-0.05, 0) is 37.1 Å². The zero-order valence-electron chi connectivity index (χ0n) is 18.3. The molecule has 2 aliphatic heterocycles. The molecule has 1 fully saturated rings. The standard InChI is InChI=1S/C25H32N4O/c1-4-27-12-14-28(15-13-27)18-25(30)29-24(22-16-19(2)10-11-20(22)3)17-23(26-29)21-8-6-5-7-9-21/h5-11,16,24H,4,12-15,17-18H2,1-3H3. The van der Waals surface area contributed by atoms with Gasteiger partial charge in [-0.2, -0.15) is 5.10 Å². The highest BCUT2D eigenvalue weighted by Crippen LogP contribution is 2.35. The number of amides is 1. The van der Waals surface area contributed by atoms with Crippen LogP contribution in [0.3, 0.4) is 0 Å². The molecule has 0 aliphatic carbocycles. The van der Waals surface area contributed by atoms with E-state index in [2.05, 4.69) is 60.9 Å². The summed E-state index contributed by atoms with van der Waals surface area (Å²) >= 11 is 0. The third-order valence-corrected chi connectivity index (χ3v) is 6.34. The van der Waals surface area contributed by atoms with Crippen LogP contribution in [0.2, 0.25) is 0 Å². The smallest absolute Gasteiger partial charge is 0.257 e. The summed E-state index contributed by atoms with van der Waals surface area (Å²) in [4.78, 5) is 18.1. The van der Waals surface area contributed by atoms with E-state index in [0.29, 0.717) is 6.54 Å². The average Bonchev–Trinajstić information content (AvgIpc) is 3.22. The van der Waals surface area contributed by atoms with Crippen molar-refractivity contribution in [3.8, 4) is 0 Å². The van der Waals surface area contributed by atoms with Crippen molar-refractivity contribution in [2.75, 3.05) is 39.3 Å². The van der Waals surface area contributed by atoms with Crippen LogP contribution in [-0.2, 0) is 4.79 Å². The van der Waals surface area contributed by atoms with E-state index in [1.807, 2.05) is 18.2 Å². The molecule has 0 radical (unpaired) electrons. The largest absolute Gasteiger partial charge is 0.301 e. The number of benzene rings is 2. The summed E-state index contributed by atoms with van der Waals surface area (Å²) in [6, 6.07) is 16.7. The fraction of sp³-hybridized carbons (Fsp3) is 0.440. The van der Waals surface area contributed by atoms with Gasteiger partial charge in [-0.3, -0.25) is 9.69 Å². The number of carbonyl (C=O) groups excluding carboxylic acids is 1. The Morgan fingerprint density at radius 1 is 1.00 bits per heavy atom. The van der Waals surface area contributed by atoms with Gasteiger partial charge in [-0.15, -0.1) is 0 Å². The molecule has 2 aromatic carbocycles. The second-order valence-corrected chi connectivity index (χ2v) is 8.44. The maximum absolute atomic E-state index is 13.4. The molecule has 1 atom stereocenters. The van der Waals surface area contributed by atoms with Crippen LogP contribution < -0.4 is 0 Å². The van der Waals surface area contributed by atoms with Crippen LogP contribution >= 0.6 is 0 Å². The molecule has 2 aromatic rings. The van der Waals surface area contributed by atoms with Crippen LogP contribution in [-0.4, -0.2) is 65.7 Å². The lowest BCUT2D eigenvalue weighted by atomic mass is 9.94. The number of carbonyl (C=O) groups is 1. The second kappa shape index (κ2) is 9.11. The molecule has 1 unspecified atom stereocenters. The number of hydrazone groups is 1. The van der Waals surface area contributed by atoms with Gasteiger partial charge in [0.25, 0.3) is 5.91 Å². The molecular weight excluding hydrogens is 372 g/mol. The van der Waals surface area contributed by atoms with Gasteiger partial charge in [0.1, 0.15) is 0 Å². The zero-order valence-corrected chi connectivity index (χ0v) is 18.3. The molecule has 5 heteroatoms. The van der Waals surface area contributed by atoms with E-state index in [9.17, 15) is 4.79 Å². The van der Waals surface area contributed by atoms with Gasteiger partial charge in [0.05, 0.1) is 18.3 Å². The number of likely N-dealkylation sites (N-methyl/N-ethyl adjacent to an activating group) is 1. The van der Waals surface area contributed by atoms with Crippen molar-refractivity contribution in [3.05, 3.63) is 70.8 Å². The van der Waals surface area contributed by atoms with E-state index in [0.717, 1.165) is 50.4 Å². The van der Waals surface area contributed by atoms with Crippen molar-refractivity contribution in [2.45, 2.75) is 33.2 Å². The summed E-state index contributed by atoms with van der Waals surface area (Å²) in [5, 5.41) is 6.61. The summed E-state index contributed by atoms with van der Waals surface area (Å²) in [6.07, 6.45) is 0.754. The highest BCUT2D eigenvalue weighted by molar-refractivity contribution is 6.03. The Morgan fingerprint density at radius 2 is 1.70 bits per heavy atom. The van der Waals surface area contributed by atoms with Crippen molar-refractivity contribution in [1.82, 2.24) is 14.8 Å². The van der Waals surface area contributed by atoms with E-state index in [1.54, 1.807) is 5.01 Å². The SMILES string of the molecule is CCN1CCN(CC(=O)N2N=C(c3ccccc3)CC2c2cc(C)ccc2C)CC1. The van der Waals surface area contributed by atoms with Crippen LogP contribution in [0.1, 0.15) is 41.6 Å². The summed E-state index contributed by atoms with van der Waals surface area (Å²) in [6.45, 7) is 11.9. The molecule has 1 saturated heterocycles. The minimum Gasteiger partial charge on any atom is -0.301 e. The normalized spacial score (nSPS) is 20.4. The predicted octanol–water partition coefficient (Wildman–Crippen LogP) is 3.62. The lowest BCUT2D eigenvalue weighted by Crippen LogP contribution is -2.49. The fourth-order valence-electron chi connectivity index (χ4n) is 4.43. The van der Waals surface area contributed by atoms with Gasteiger partial charge in [0.2, 0.25) is 0 Å². The van der Waals surface area contributed by atoms with E-state index < -0.39 is 0 Å². The van der Waals surface area contributed by atoms with E-state index in [4.69, 9.17) is 5.10 Å². The minimum absolute atomic E-state index is 0.0375. The molecule has 4 rings (SSSR count). The first-order valence-electron chi connectivity index (χ1n) is 11.0. The summed E-state index contributed by atoms with van der Waals surface area (Å²) in [5.74, 6) is 0.0942. The summed E-state index contributed by atoms with van der Waals surface area (Å²) < 4.78 is 0. The van der Waals surface area contributed by atoms with Gasteiger partial charge in [-0.1, -0.05) is 61.0 Å². The van der Waals surface area contributed by atoms with Crippen molar-refractivity contribution < 1.29 is 4.79 Å². The van der Waals surface area contributed by atoms with Crippen LogP contribution in [0.15, 0.2) is 53.6 Å². The zero-order chi connectivity index (χ0) is 21.1. The van der Waals surface area contributed by atoms with Crippen LogP contribution in [0.5, 0.6) is 0 Å². The lowest BCUT2D eigenvalue weighted by molar-refractivity contribution is -0.134. The van der Waals surface area contributed by atoms with Crippen LogP contribution in [0.25, 0.3) is 0 Å². The third-order valence-electron chi connectivity index (χ3n) is 6.34. The number of aryl methyl sites for hydroxylation is 2. The third kappa shape index (κ3) is 4.47. The van der Waals surface area contributed by atoms with Crippen molar-refractivity contribution in [3.63, 3.8) is 0 Å². The molecule has 2 aliphatic rings. The first-order valence-corrected chi connectivity index (χ1v) is 11.0. The Morgan fingerprint density at radius 3 is 2.40 bits per heavy atom. The van der Waals surface area contributed by atoms with Crippen molar-refractivity contribution in [1.29, 1.82) is 0 Å². The molecule has 0 spiro atoms. The van der Waals surface area contributed by atoms with Crippen LogP contribution in [0, 0.1) is 13.8 Å². The van der Waals surface area contributed by atoms with Crippen molar-refractivity contribution in [2.24, 2.45) is 5.10 Å². The highest BCUT2D eigenvalue weighted by atomic mass is 16.2. The predicted molar refractivity (Wildman–Crippen MR) is 122 cm³/mol. The van der Waals surface area contributed by atoms with E-state index in [-0.39, 0.29) is 11.9 Å². The monoisotopic (exact) mass is 404 g/mol. The van der Waals surface area contributed by atoms with Crippen LogP contribution in [0.4, 0.5) is 0 Å². The summed E-state index contributed by atoms with van der Waals surface area (Å²) in [5.41, 5.74) is 5.72. The molecule has 158 valence electrons. The number of hydrogen-bond donors (Lipinski definition) is 0. The van der Waals surface area contributed by atoms with Gasteiger partial charge in [0.15, 0.2) is 0 Å². The van der Waals surface area contributed by atoms with Gasteiger partial charge < -0.3 is 4.90 Å². The first-order chi connectivity index (χ1) is 14.5. The number of rotatable bonds is 5. The minimum atomic E-state index is -0.0375. The van der Waals surface area contributed by atoms with Gasteiger partial charge in [0, 0.05) is 32.6 Å². The summed E-state index contributed by atoms with van der Waals surface area (Å²) in [7, 11) is 0. The molecule has 2 heterocycles. The van der Waals surface area contributed by atoms with Gasteiger partial charge >= 0.3 is 0 Å². The molecule has 0 aromatic heterocycles. The molecule has 5 nitrogen and oxygen atoms in total. The Balaban J connectivity index is 1.58. The molecule has 30 heavy (non-hydrogen) atoms. The molecule has 1 amide bonds. The Labute approximate surface area is 180 Å².